The predicted molar refractivity (Wildman–Crippen MR) is 118 cm³/mol. The van der Waals surface area contributed by atoms with Crippen molar-refractivity contribution in [2.24, 2.45) is 17.8 Å². The molecule has 0 bridgehead atoms. The van der Waals surface area contributed by atoms with E-state index in [0.29, 0.717) is 12.6 Å². The topological polar surface area (TPSA) is 85.6 Å². The second-order valence-electron chi connectivity index (χ2n) is 8.34. The molecule has 0 amide bonds. The Kier molecular flexibility index (Phi) is 6.77. The number of carbonyl (C=O) groups is 1. The quantitative estimate of drug-likeness (QED) is 0.591. The average Bonchev–Trinajstić information content (AvgIpc) is 3.22. The number of nitrogens with zero attached hydrogens (tertiary/aromatic N) is 2. The molecule has 0 spiro atoms. The van der Waals surface area contributed by atoms with Crippen molar-refractivity contribution >= 4 is 17.6 Å². The van der Waals surface area contributed by atoms with Crippen molar-refractivity contribution in [2.75, 3.05) is 26.2 Å². The van der Waals surface area contributed by atoms with Gasteiger partial charge in [-0.3, -0.25) is 9.69 Å². The minimum atomic E-state index is -1.09. The number of carboxylic acid groups (broad SMARTS) is 1. The first-order chi connectivity index (χ1) is 15.0. The summed E-state index contributed by atoms with van der Waals surface area (Å²) in [5.41, 5.74) is 2.08. The molecule has 2 unspecified atom stereocenters. The zero-order valence-corrected chi connectivity index (χ0v) is 18.0. The third-order valence-corrected chi connectivity index (χ3v) is 6.47. The predicted octanol–water partition coefficient (Wildman–Crippen LogP) is 3.21. The lowest BCUT2D eigenvalue weighted by Crippen LogP contribution is -2.33. The number of benzene rings is 2. The molecule has 1 saturated heterocycles. The molecule has 2 N–H and O–H groups in total. The van der Waals surface area contributed by atoms with Crippen LogP contribution in [-0.2, 0) is 17.8 Å². The van der Waals surface area contributed by atoms with E-state index >= 15 is 0 Å². The first kappa shape index (κ1) is 21.6. The fraction of sp³-hybridized carbons (Fsp3) is 0.417. The van der Waals surface area contributed by atoms with Crippen LogP contribution in [0.3, 0.4) is 0 Å². The van der Waals surface area contributed by atoms with E-state index in [1.807, 2.05) is 42.5 Å². The van der Waals surface area contributed by atoms with E-state index in [1.165, 1.54) is 5.56 Å². The lowest BCUT2D eigenvalue weighted by molar-refractivity contribution is -0.139. The summed E-state index contributed by atoms with van der Waals surface area (Å²) in [5, 5.41) is 22.3. The molecule has 2 fully saturated rings. The van der Waals surface area contributed by atoms with E-state index in [2.05, 4.69) is 22.3 Å². The van der Waals surface area contributed by atoms with Crippen molar-refractivity contribution in [1.82, 2.24) is 10.2 Å². The maximum absolute atomic E-state index is 11.0. The number of nitriles is 1. The molecule has 0 radical (unpaired) electrons. The summed E-state index contributed by atoms with van der Waals surface area (Å²) in [6.45, 7) is 4.62. The molecule has 4 atom stereocenters. The van der Waals surface area contributed by atoms with Crippen LogP contribution in [0, 0.1) is 29.1 Å². The summed E-state index contributed by atoms with van der Waals surface area (Å²) in [5.74, 6) is 0.119. The fourth-order valence-corrected chi connectivity index (χ4v) is 4.50. The van der Waals surface area contributed by atoms with E-state index in [1.54, 1.807) is 0 Å². The molecule has 6 nitrogen and oxygen atoms in total. The first-order valence-corrected chi connectivity index (χ1v) is 11.0. The minimum absolute atomic E-state index is 0.204. The van der Waals surface area contributed by atoms with Crippen LogP contribution in [0.5, 0.6) is 5.75 Å². The number of hydrogen-bond donors (Lipinski definition) is 2. The van der Waals surface area contributed by atoms with E-state index in [9.17, 15) is 4.79 Å². The van der Waals surface area contributed by atoms with Crippen molar-refractivity contribution < 1.29 is 14.6 Å². The smallest absolute Gasteiger partial charge is 0.321 e. The van der Waals surface area contributed by atoms with Gasteiger partial charge in [0.15, 0.2) is 0 Å². The van der Waals surface area contributed by atoms with Crippen molar-refractivity contribution in [3.63, 3.8) is 0 Å². The van der Waals surface area contributed by atoms with Gasteiger partial charge >= 0.3 is 5.97 Å². The number of rotatable bonds is 10. The average molecular weight is 440 g/mol. The minimum Gasteiger partial charge on any atom is -0.492 e. The summed E-state index contributed by atoms with van der Waals surface area (Å²) in [6, 6.07) is 17.7. The largest absolute Gasteiger partial charge is 0.492 e. The number of fused-ring (bicyclic) bond motifs is 1. The first-order valence-electron chi connectivity index (χ1n) is 10.6. The molecule has 1 aliphatic heterocycles. The van der Waals surface area contributed by atoms with Gasteiger partial charge < -0.3 is 15.2 Å². The van der Waals surface area contributed by atoms with Crippen LogP contribution >= 0.6 is 11.6 Å². The van der Waals surface area contributed by atoms with Gasteiger partial charge in [-0.1, -0.05) is 35.9 Å². The van der Waals surface area contributed by atoms with Gasteiger partial charge in [-0.2, -0.15) is 5.26 Å². The summed E-state index contributed by atoms with van der Waals surface area (Å²) in [6.07, 6.45) is 0.204. The zero-order chi connectivity index (χ0) is 21.8. The monoisotopic (exact) mass is 439 g/mol. The van der Waals surface area contributed by atoms with Crippen LogP contribution in [0.15, 0.2) is 48.5 Å². The van der Waals surface area contributed by atoms with Gasteiger partial charge in [0.25, 0.3) is 0 Å². The molecule has 4 rings (SSSR count). The molecule has 2 aliphatic rings. The number of piperidine rings is 1. The molecule has 1 saturated carbocycles. The van der Waals surface area contributed by atoms with Crippen molar-refractivity contribution in [1.29, 1.82) is 5.26 Å². The number of halogens is 1. The van der Waals surface area contributed by atoms with Gasteiger partial charge in [0.05, 0.1) is 6.07 Å². The van der Waals surface area contributed by atoms with Crippen molar-refractivity contribution in [3.8, 4) is 11.8 Å². The lowest BCUT2D eigenvalue weighted by Gasteiger charge is -2.20. The van der Waals surface area contributed by atoms with Crippen molar-refractivity contribution in [3.05, 3.63) is 64.7 Å². The molecule has 162 valence electrons. The van der Waals surface area contributed by atoms with Crippen LogP contribution in [-0.4, -0.2) is 48.3 Å². The van der Waals surface area contributed by atoms with Gasteiger partial charge in [0, 0.05) is 37.2 Å². The highest BCUT2D eigenvalue weighted by atomic mass is 35.5. The second-order valence-corrected chi connectivity index (χ2v) is 8.77. The van der Waals surface area contributed by atoms with Gasteiger partial charge in [0.2, 0.25) is 0 Å². The number of ether oxygens (including phenoxy) is 1. The zero-order valence-electron chi connectivity index (χ0n) is 17.2. The van der Waals surface area contributed by atoms with E-state index < -0.39 is 11.9 Å². The van der Waals surface area contributed by atoms with Crippen molar-refractivity contribution in [2.45, 2.75) is 19.0 Å². The Labute approximate surface area is 187 Å². The summed E-state index contributed by atoms with van der Waals surface area (Å²) in [4.78, 5) is 13.4. The maximum Gasteiger partial charge on any atom is 0.321 e. The number of aliphatic carboxylic acids is 1. The molecule has 1 heterocycles. The number of nitrogens with one attached hydrogen (secondary N) is 1. The van der Waals surface area contributed by atoms with Gasteiger partial charge in [-0.15, -0.1) is 0 Å². The van der Waals surface area contributed by atoms with Crippen LogP contribution in [0.1, 0.15) is 11.1 Å². The Morgan fingerprint density at radius 3 is 2.42 bits per heavy atom. The van der Waals surface area contributed by atoms with E-state index in [-0.39, 0.29) is 6.42 Å². The van der Waals surface area contributed by atoms with E-state index in [4.69, 9.17) is 26.7 Å². The van der Waals surface area contributed by atoms with Crippen LogP contribution in [0.25, 0.3) is 0 Å². The lowest BCUT2D eigenvalue weighted by atomic mass is 10.0. The fourth-order valence-electron chi connectivity index (χ4n) is 4.38. The number of likely N-dealkylation sites (tertiary alicyclic amines) is 1. The Hall–Kier alpha value is -2.59. The van der Waals surface area contributed by atoms with Gasteiger partial charge in [0.1, 0.15) is 18.3 Å². The summed E-state index contributed by atoms with van der Waals surface area (Å²) < 4.78 is 5.84. The molecule has 1 aliphatic carbocycles. The Bertz CT molecular complexity index is 930. The molecule has 0 aromatic heterocycles. The number of hydrogen-bond acceptors (Lipinski definition) is 5. The third-order valence-electron chi connectivity index (χ3n) is 6.22. The highest BCUT2D eigenvalue weighted by molar-refractivity contribution is 6.30. The normalized spacial score (nSPS) is 23.0. The molecule has 31 heavy (non-hydrogen) atoms. The standard InChI is InChI=1S/C24H26ClN3O3/c25-19-5-1-17(2-6-19)13-27-23-21-14-28(15-22(21)23)9-10-31-20-7-3-16(4-8-20)11-18(12-26)24(29)30/h1-8,18,21-23,27H,9-11,13-15H2,(H,29,30)/t18?,21-,22+,23?. The highest BCUT2D eigenvalue weighted by Crippen LogP contribution is 2.45. The van der Waals surface area contributed by atoms with Gasteiger partial charge in [-0.25, -0.2) is 0 Å². The van der Waals surface area contributed by atoms with Gasteiger partial charge in [-0.05, 0) is 53.6 Å². The van der Waals surface area contributed by atoms with Crippen LogP contribution in [0.4, 0.5) is 0 Å². The molecule has 7 heteroatoms. The molecular formula is C24H26ClN3O3. The van der Waals surface area contributed by atoms with E-state index in [0.717, 1.165) is 54.4 Å². The third kappa shape index (κ3) is 5.56. The van der Waals surface area contributed by atoms with Crippen LogP contribution in [0.2, 0.25) is 5.02 Å². The highest BCUT2D eigenvalue weighted by Gasteiger charge is 2.55. The maximum atomic E-state index is 11.0. The Morgan fingerprint density at radius 1 is 1.16 bits per heavy atom. The molecular weight excluding hydrogens is 414 g/mol. The SMILES string of the molecule is N#CC(Cc1ccc(OCCN2C[C@@H]3C(NCc4ccc(Cl)cc4)[C@@H]3C2)cc1)C(=O)O. The Morgan fingerprint density at radius 2 is 1.81 bits per heavy atom. The number of carboxylic acids is 1. The summed E-state index contributed by atoms with van der Waals surface area (Å²) in [7, 11) is 0. The molecule has 2 aromatic carbocycles. The van der Waals surface area contributed by atoms with Crippen LogP contribution < -0.4 is 10.1 Å². The molecule has 2 aromatic rings. The summed E-state index contributed by atoms with van der Waals surface area (Å²) >= 11 is 5.94. The Balaban J connectivity index is 1.13. The second kappa shape index (κ2) is 9.69.